The Morgan fingerprint density at radius 1 is 1.35 bits per heavy atom. The van der Waals surface area contributed by atoms with Gasteiger partial charge in [0.25, 0.3) is 0 Å². The lowest BCUT2D eigenvalue weighted by Gasteiger charge is -2.14. The van der Waals surface area contributed by atoms with E-state index in [0.29, 0.717) is 11.8 Å². The molecule has 6 nitrogen and oxygen atoms in total. The molecule has 3 rings (SSSR count). The number of hydrogen-bond acceptors (Lipinski definition) is 5. The second-order valence-corrected chi connectivity index (χ2v) is 5.31. The molecule has 0 bridgehead atoms. The van der Waals surface area contributed by atoms with Crippen molar-refractivity contribution in [1.29, 1.82) is 0 Å². The van der Waals surface area contributed by atoms with Crippen LogP contribution in [-0.4, -0.2) is 33.4 Å². The molecule has 0 saturated heterocycles. The van der Waals surface area contributed by atoms with Gasteiger partial charge in [-0.25, -0.2) is 4.68 Å². The first-order valence-electron chi connectivity index (χ1n) is 6.87. The first kappa shape index (κ1) is 13.1. The molecule has 2 aromatic rings. The zero-order chi connectivity index (χ0) is 14.1. The minimum atomic E-state index is 0.281. The quantitative estimate of drug-likeness (QED) is 0.865. The highest BCUT2D eigenvalue weighted by Crippen LogP contribution is 2.35. The molecule has 6 heteroatoms. The van der Waals surface area contributed by atoms with Gasteiger partial charge in [0.15, 0.2) is 5.82 Å². The Labute approximate surface area is 117 Å². The molecule has 106 valence electrons. The van der Waals surface area contributed by atoms with E-state index in [2.05, 4.69) is 15.5 Å². The van der Waals surface area contributed by atoms with Gasteiger partial charge in [-0.2, -0.15) is 0 Å². The van der Waals surface area contributed by atoms with Crippen molar-refractivity contribution in [2.24, 2.45) is 0 Å². The van der Waals surface area contributed by atoms with Crippen LogP contribution in [0.15, 0.2) is 18.2 Å². The van der Waals surface area contributed by atoms with E-state index in [4.69, 9.17) is 10.5 Å². The van der Waals surface area contributed by atoms with Crippen LogP contribution in [0.3, 0.4) is 0 Å². The number of benzene rings is 1. The lowest BCUT2D eigenvalue weighted by atomic mass is 10.1. The number of aryl methyl sites for hydroxylation is 1. The number of nitrogens with two attached hydrogens (primary N) is 1. The van der Waals surface area contributed by atoms with E-state index in [1.54, 1.807) is 7.11 Å². The summed E-state index contributed by atoms with van der Waals surface area (Å²) in [5.41, 5.74) is 8.83. The van der Waals surface area contributed by atoms with Crippen molar-refractivity contribution in [3.05, 3.63) is 23.8 Å². The van der Waals surface area contributed by atoms with Crippen molar-refractivity contribution in [1.82, 2.24) is 20.2 Å². The number of nitrogens with zero attached hydrogens (tertiary/aromatic N) is 4. The number of hydrogen-bond donors (Lipinski definition) is 1. The molecule has 1 aromatic heterocycles. The standard InChI is InChI=1S/C14H19N5O/c1-9-4-3-5-12(15)13(9)14-16-17-18-19(14)10-6-7-11(8-10)20-2/h3-5,10-11H,6-8,15H2,1-2H3. The van der Waals surface area contributed by atoms with Crippen molar-refractivity contribution in [2.75, 3.05) is 12.8 Å². The predicted octanol–water partition coefficient (Wildman–Crippen LogP) is 1.97. The number of methoxy groups -OCH3 is 1. The van der Waals surface area contributed by atoms with Gasteiger partial charge < -0.3 is 10.5 Å². The molecule has 2 unspecified atom stereocenters. The second-order valence-electron chi connectivity index (χ2n) is 5.31. The molecular weight excluding hydrogens is 254 g/mol. The number of ether oxygens (including phenoxy) is 1. The summed E-state index contributed by atoms with van der Waals surface area (Å²) in [5, 5.41) is 12.2. The lowest BCUT2D eigenvalue weighted by Crippen LogP contribution is -2.12. The van der Waals surface area contributed by atoms with Crippen molar-refractivity contribution in [2.45, 2.75) is 38.3 Å². The van der Waals surface area contributed by atoms with Crippen molar-refractivity contribution >= 4 is 5.69 Å². The minimum Gasteiger partial charge on any atom is -0.398 e. The van der Waals surface area contributed by atoms with Gasteiger partial charge in [0.2, 0.25) is 0 Å². The SMILES string of the molecule is COC1CCC(n2nnnc2-c2c(C)cccc2N)C1. The molecule has 1 aromatic carbocycles. The van der Waals surface area contributed by atoms with E-state index in [-0.39, 0.29) is 6.04 Å². The number of anilines is 1. The van der Waals surface area contributed by atoms with Crippen LogP contribution in [0, 0.1) is 6.92 Å². The van der Waals surface area contributed by atoms with Gasteiger partial charge in [0.1, 0.15) is 0 Å². The average Bonchev–Trinajstić information content (AvgIpc) is 3.06. The van der Waals surface area contributed by atoms with Crippen molar-refractivity contribution in [3.8, 4) is 11.4 Å². The van der Waals surface area contributed by atoms with E-state index in [9.17, 15) is 0 Å². The Hall–Kier alpha value is -1.95. The van der Waals surface area contributed by atoms with Crippen LogP contribution in [0.1, 0.15) is 30.9 Å². The summed E-state index contributed by atoms with van der Waals surface area (Å²) in [4.78, 5) is 0. The molecule has 1 aliphatic carbocycles. The van der Waals surface area contributed by atoms with Crippen LogP contribution in [0.25, 0.3) is 11.4 Å². The summed E-state index contributed by atoms with van der Waals surface area (Å²) in [6.07, 6.45) is 3.32. The number of tetrazole rings is 1. The topological polar surface area (TPSA) is 78.8 Å². The van der Waals surface area contributed by atoms with E-state index in [0.717, 1.165) is 36.2 Å². The summed E-state index contributed by atoms with van der Waals surface area (Å²) in [7, 11) is 1.76. The van der Waals surface area contributed by atoms with E-state index in [1.807, 2.05) is 29.8 Å². The monoisotopic (exact) mass is 273 g/mol. The Bertz CT molecular complexity index is 589. The molecular formula is C14H19N5O. The molecule has 1 saturated carbocycles. The lowest BCUT2D eigenvalue weighted by molar-refractivity contribution is 0.105. The molecule has 0 amide bonds. The third-order valence-electron chi connectivity index (χ3n) is 4.06. The van der Waals surface area contributed by atoms with Crippen molar-refractivity contribution in [3.63, 3.8) is 0 Å². The fraction of sp³-hybridized carbons (Fsp3) is 0.500. The smallest absolute Gasteiger partial charge is 0.184 e. The van der Waals surface area contributed by atoms with Crippen LogP contribution in [0.2, 0.25) is 0 Å². The van der Waals surface area contributed by atoms with E-state index in [1.165, 1.54) is 0 Å². The predicted molar refractivity (Wildman–Crippen MR) is 76.1 cm³/mol. The highest BCUT2D eigenvalue weighted by atomic mass is 16.5. The van der Waals surface area contributed by atoms with Gasteiger partial charge in [0, 0.05) is 18.4 Å². The highest BCUT2D eigenvalue weighted by molar-refractivity contribution is 5.74. The maximum Gasteiger partial charge on any atom is 0.184 e. The van der Waals surface area contributed by atoms with Gasteiger partial charge in [-0.3, -0.25) is 0 Å². The summed E-state index contributed by atoms with van der Waals surface area (Å²) in [6.45, 7) is 2.03. The third-order valence-corrected chi connectivity index (χ3v) is 4.06. The van der Waals surface area contributed by atoms with Crippen LogP contribution in [0.4, 0.5) is 5.69 Å². The number of rotatable bonds is 3. The van der Waals surface area contributed by atoms with Crippen LogP contribution in [0.5, 0.6) is 0 Å². The van der Waals surface area contributed by atoms with Crippen LogP contribution in [-0.2, 0) is 4.74 Å². The Morgan fingerprint density at radius 3 is 2.90 bits per heavy atom. The molecule has 0 radical (unpaired) electrons. The van der Waals surface area contributed by atoms with Crippen LogP contribution < -0.4 is 5.73 Å². The fourth-order valence-electron chi connectivity index (χ4n) is 2.95. The largest absolute Gasteiger partial charge is 0.398 e. The first-order valence-corrected chi connectivity index (χ1v) is 6.87. The molecule has 1 aliphatic rings. The molecule has 2 atom stereocenters. The van der Waals surface area contributed by atoms with E-state index < -0.39 is 0 Å². The number of aromatic nitrogens is 4. The Kier molecular flexibility index (Phi) is 3.40. The number of nitrogen functional groups attached to an aromatic ring is 1. The summed E-state index contributed by atoms with van der Waals surface area (Å²) in [5.74, 6) is 0.752. The van der Waals surface area contributed by atoms with Crippen molar-refractivity contribution < 1.29 is 4.74 Å². The normalized spacial score (nSPS) is 22.3. The Balaban J connectivity index is 1.99. The average molecular weight is 273 g/mol. The minimum absolute atomic E-state index is 0.281. The molecule has 20 heavy (non-hydrogen) atoms. The third kappa shape index (κ3) is 2.16. The summed E-state index contributed by atoms with van der Waals surface area (Å²) < 4.78 is 7.33. The van der Waals surface area contributed by atoms with Gasteiger partial charge in [-0.1, -0.05) is 12.1 Å². The van der Waals surface area contributed by atoms with Gasteiger partial charge >= 0.3 is 0 Å². The van der Waals surface area contributed by atoms with Gasteiger partial charge in [-0.05, 0) is 48.2 Å². The maximum atomic E-state index is 6.10. The first-order chi connectivity index (χ1) is 9.70. The summed E-state index contributed by atoms with van der Waals surface area (Å²) in [6, 6.07) is 6.13. The summed E-state index contributed by atoms with van der Waals surface area (Å²) >= 11 is 0. The molecule has 0 spiro atoms. The zero-order valence-electron chi connectivity index (χ0n) is 11.8. The van der Waals surface area contributed by atoms with Crippen LogP contribution >= 0.6 is 0 Å². The maximum absolute atomic E-state index is 6.10. The van der Waals surface area contributed by atoms with E-state index >= 15 is 0 Å². The highest BCUT2D eigenvalue weighted by Gasteiger charge is 2.29. The fourth-order valence-corrected chi connectivity index (χ4v) is 2.95. The molecule has 1 fully saturated rings. The molecule has 0 aliphatic heterocycles. The van der Waals surface area contributed by atoms with Gasteiger partial charge in [0.05, 0.1) is 12.1 Å². The second kappa shape index (κ2) is 5.20. The molecule has 2 N–H and O–H groups in total. The Morgan fingerprint density at radius 2 is 2.20 bits per heavy atom. The zero-order valence-corrected chi connectivity index (χ0v) is 11.8. The molecule has 1 heterocycles. The van der Waals surface area contributed by atoms with Gasteiger partial charge in [-0.15, -0.1) is 5.10 Å².